The number of ether oxygens (including phenoxy) is 1. The van der Waals surface area contributed by atoms with Crippen molar-refractivity contribution in [1.82, 2.24) is 4.90 Å². The molecule has 4 aromatic rings. The van der Waals surface area contributed by atoms with Gasteiger partial charge in [-0.05, 0) is 39.9 Å². The van der Waals surface area contributed by atoms with Gasteiger partial charge in [0.25, 0.3) is 5.69 Å². The van der Waals surface area contributed by atoms with Crippen molar-refractivity contribution in [2.75, 3.05) is 6.61 Å². The maximum Gasteiger partial charge on any atom is 0.330 e. The van der Waals surface area contributed by atoms with Crippen LogP contribution in [0.3, 0.4) is 0 Å². The number of Topliss-reactive ketones (excluding diaryl/α,β-unsaturated/α-hetero) is 1. The van der Waals surface area contributed by atoms with E-state index in [2.05, 4.69) is 0 Å². The van der Waals surface area contributed by atoms with E-state index in [1.54, 1.807) is 54.6 Å². The number of benzene rings is 4. The van der Waals surface area contributed by atoms with E-state index in [9.17, 15) is 29.3 Å². The fraction of sp³-hybridized carbons (Fsp3) is 0.200. The van der Waals surface area contributed by atoms with Gasteiger partial charge in [0.1, 0.15) is 15.8 Å². The molecule has 0 radical (unpaired) electrons. The van der Waals surface area contributed by atoms with Crippen LogP contribution >= 0.6 is 23.2 Å². The summed E-state index contributed by atoms with van der Waals surface area (Å²) < 4.78 is 5.44. The number of carbonyl (C=O) groups excluding carboxylic acids is 4. The highest BCUT2D eigenvalue weighted by Gasteiger charge is 2.73. The van der Waals surface area contributed by atoms with Gasteiger partial charge in [0.2, 0.25) is 11.8 Å². The molecule has 0 unspecified atom stereocenters. The Labute approximate surface area is 272 Å². The minimum absolute atomic E-state index is 0.0766. The third-order valence-electron chi connectivity index (χ3n) is 9.22. The smallest absolute Gasteiger partial charge is 0.330 e. The monoisotopic (exact) mass is 654 g/mol. The molecule has 4 aromatic carbocycles. The zero-order valence-electron chi connectivity index (χ0n) is 24.0. The zero-order chi connectivity index (χ0) is 32.4. The molecule has 1 aliphatic heterocycles. The highest BCUT2D eigenvalue weighted by atomic mass is 35.5. The lowest BCUT2D eigenvalue weighted by Crippen LogP contribution is -2.57. The first kappa shape index (κ1) is 29.8. The minimum atomic E-state index is -1.43. The molecule has 46 heavy (non-hydrogen) atoms. The molecule has 3 aliphatic carbocycles. The molecule has 2 amide bonds. The van der Waals surface area contributed by atoms with Crippen LogP contribution in [-0.4, -0.2) is 46.0 Å². The van der Waals surface area contributed by atoms with Crippen molar-refractivity contribution in [1.29, 1.82) is 0 Å². The van der Waals surface area contributed by atoms with Gasteiger partial charge in [-0.25, -0.2) is 4.79 Å². The van der Waals surface area contributed by atoms with Crippen molar-refractivity contribution in [2.24, 2.45) is 11.8 Å². The van der Waals surface area contributed by atoms with Crippen molar-refractivity contribution >= 4 is 52.5 Å². The largest absolute Gasteiger partial charge is 0.456 e. The highest BCUT2D eigenvalue weighted by Crippen LogP contribution is 2.69. The van der Waals surface area contributed by atoms with Gasteiger partial charge in [0.05, 0.1) is 16.8 Å². The maximum absolute atomic E-state index is 14.5. The number of hydrogen-bond donors (Lipinski definition) is 0. The number of ketones is 1. The SMILES string of the molecule is O=C(COC(=O)[C@H](Cc1ccccc1)N1C(=O)[C@@H]2[C@@H](C1=O)C1(Cl)c3ccccc3C2(Cl)c2ccccc21)c1ccc([N+](=O)[O-])cc1. The molecule has 1 fully saturated rings. The van der Waals surface area contributed by atoms with E-state index in [0.717, 1.165) is 4.90 Å². The number of amides is 2. The lowest BCUT2D eigenvalue weighted by atomic mass is 9.54. The van der Waals surface area contributed by atoms with Crippen LogP contribution < -0.4 is 0 Å². The highest BCUT2D eigenvalue weighted by molar-refractivity contribution is 6.36. The summed E-state index contributed by atoms with van der Waals surface area (Å²) in [6.07, 6.45) is -0.0766. The molecule has 1 saturated heterocycles. The summed E-state index contributed by atoms with van der Waals surface area (Å²) in [7, 11) is 0. The predicted molar refractivity (Wildman–Crippen MR) is 167 cm³/mol. The number of nitrogens with zero attached hydrogens (tertiary/aromatic N) is 2. The molecule has 2 bridgehead atoms. The first-order valence-electron chi connectivity index (χ1n) is 14.5. The van der Waals surface area contributed by atoms with Crippen molar-refractivity contribution in [3.8, 4) is 0 Å². The Morgan fingerprint density at radius 2 is 1.22 bits per heavy atom. The summed E-state index contributed by atoms with van der Waals surface area (Å²) in [4.78, 5) is 64.2. The lowest BCUT2D eigenvalue weighted by Gasteiger charge is -2.54. The summed E-state index contributed by atoms with van der Waals surface area (Å²) in [5, 5.41) is 11.0. The van der Waals surface area contributed by atoms with Gasteiger partial charge < -0.3 is 4.74 Å². The van der Waals surface area contributed by atoms with E-state index in [1.807, 2.05) is 24.3 Å². The first-order valence-corrected chi connectivity index (χ1v) is 15.3. The number of nitro groups is 1. The molecule has 3 atom stereocenters. The van der Waals surface area contributed by atoms with Gasteiger partial charge in [-0.3, -0.25) is 29.4 Å². The number of esters is 1. The zero-order valence-corrected chi connectivity index (χ0v) is 25.5. The molecule has 11 heteroatoms. The predicted octanol–water partition coefficient (Wildman–Crippen LogP) is 5.53. The third kappa shape index (κ3) is 4.22. The number of halogens is 2. The molecular weight excluding hydrogens is 631 g/mol. The van der Waals surface area contributed by atoms with E-state index in [4.69, 9.17) is 27.9 Å². The van der Waals surface area contributed by atoms with E-state index < -0.39 is 62.7 Å². The number of imide groups is 1. The molecule has 0 spiro atoms. The second kappa shape index (κ2) is 10.9. The van der Waals surface area contributed by atoms with Gasteiger partial charge in [-0.1, -0.05) is 78.9 Å². The van der Waals surface area contributed by atoms with Crippen LogP contribution in [-0.2, 0) is 35.3 Å². The number of alkyl halides is 2. The summed E-state index contributed by atoms with van der Waals surface area (Å²) >= 11 is 15.1. The molecule has 0 saturated carbocycles. The van der Waals surface area contributed by atoms with Crippen LogP contribution in [0.15, 0.2) is 103 Å². The average molecular weight is 655 g/mol. The molecule has 4 aliphatic rings. The Bertz CT molecular complexity index is 1820. The van der Waals surface area contributed by atoms with E-state index >= 15 is 0 Å². The van der Waals surface area contributed by atoms with Crippen molar-refractivity contribution < 1.29 is 28.8 Å². The van der Waals surface area contributed by atoms with Gasteiger partial charge in [0, 0.05) is 24.1 Å². The standard InChI is InChI=1S/C35H24Cl2N2O7/c36-34-23-10-4-5-11-24(23)35(37,26-13-7-6-12-25(26)34)30-29(34)31(41)38(32(30)42)27(18-20-8-2-1-3-9-20)33(43)46-19-28(40)21-14-16-22(17-15-21)39(44)45/h1-17,27,29-30H,18-19H2/t27-,29-,30-,34?,35?/m0/s1. The fourth-order valence-electron chi connectivity index (χ4n) is 7.20. The summed E-state index contributed by atoms with van der Waals surface area (Å²) in [5.41, 5.74) is 3.07. The van der Waals surface area contributed by atoms with Crippen molar-refractivity contribution in [3.63, 3.8) is 0 Å². The van der Waals surface area contributed by atoms with Crippen LogP contribution in [0.4, 0.5) is 5.69 Å². The number of hydrogen-bond acceptors (Lipinski definition) is 7. The van der Waals surface area contributed by atoms with E-state index in [-0.39, 0.29) is 17.7 Å². The molecule has 230 valence electrons. The molecule has 9 nitrogen and oxygen atoms in total. The van der Waals surface area contributed by atoms with E-state index in [0.29, 0.717) is 27.8 Å². The summed E-state index contributed by atoms with van der Waals surface area (Å²) in [5.74, 6) is -5.11. The average Bonchev–Trinajstić information content (AvgIpc) is 3.35. The second-order valence-corrected chi connectivity index (χ2v) is 12.7. The minimum Gasteiger partial charge on any atom is -0.456 e. The van der Waals surface area contributed by atoms with Crippen LogP contribution in [0.25, 0.3) is 0 Å². The number of nitro benzene ring substituents is 1. The maximum atomic E-state index is 14.5. The molecule has 0 N–H and O–H groups in total. The van der Waals surface area contributed by atoms with Gasteiger partial charge in [0.15, 0.2) is 12.4 Å². The normalized spacial score (nSPS) is 24.5. The first-order chi connectivity index (χ1) is 22.1. The Balaban J connectivity index is 1.25. The van der Waals surface area contributed by atoms with E-state index in [1.165, 1.54) is 24.3 Å². The van der Waals surface area contributed by atoms with Crippen molar-refractivity contribution in [2.45, 2.75) is 22.2 Å². The van der Waals surface area contributed by atoms with Crippen LogP contribution in [0, 0.1) is 22.0 Å². The second-order valence-electron chi connectivity index (χ2n) is 11.6. The lowest BCUT2D eigenvalue weighted by molar-refractivity contribution is -0.384. The number of likely N-dealkylation sites (tertiary alicyclic amines) is 1. The van der Waals surface area contributed by atoms with Crippen LogP contribution in [0.2, 0.25) is 0 Å². The number of rotatable bonds is 8. The Hall–Kier alpha value is -4.86. The molecule has 1 heterocycles. The van der Waals surface area contributed by atoms with Crippen LogP contribution in [0.1, 0.15) is 38.2 Å². The fourth-order valence-corrected chi connectivity index (χ4v) is 8.30. The summed E-state index contributed by atoms with van der Waals surface area (Å²) in [6.45, 7) is -0.708. The Kier molecular flexibility index (Phi) is 7.06. The number of carbonyl (C=O) groups is 4. The third-order valence-corrected chi connectivity index (χ3v) is 10.5. The van der Waals surface area contributed by atoms with Gasteiger partial charge in [-0.15, -0.1) is 23.2 Å². The Morgan fingerprint density at radius 1 is 0.761 bits per heavy atom. The molecular formula is C35H24Cl2N2O7. The molecule has 0 aromatic heterocycles. The molecule has 8 rings (SSSR count). The quantitative estimate of drug-likeness (QED) is 0.0611. The summed E-state index contributed by atoms with van der Waals surface area (Å²) in [6, 6.07) is 26.7. The topological polar surface area (TPSA) is 124 Å². The Morgan fingerprint density at radius 3 is 1.67 bits per heavy atom. The van der Waals surface area contributed by atoms with Crippen LogP contribution in [0.5, 0.6) is 0 Å². The van der Waals surface area contributed by atoms with Gasteiger partial charge >= 0.3 is 5.97 Å². The van der Waals surface area contributed by atoms with Crippen molar-refractivity contribution in [3.05, 3.63) is 147 Å². The number of non-ortho nitro benzene ring substituents is 1. The van der Waals surface area contributed by atoms with Gasteiger partial charge in [-0.2, -0.15) is 0 Å².